The summed E-state index contributed by atoms with van der Waals surface area (Å²) in [6, 6.07) is 0.118. The van der Waals surface area contributed by atoms with Crippen LogP contribution in [0, 0.1) is 5.92 Å². The number of benzene rings is 1. The number of guanidine groups is 2. The summed E-state index contributed by atoms with van der Waals surface area (Å²) in [5.41, 5.74) is 35.0. The fourth-order valence-corrected chi connectivity index (χ4v) is 9.85. The van der Waals surface area contributed by atoms with E-state index in [0.717, 1.165) is 44.1 Å². The van der Waals surface area contributed by atoms with Crippen LogP contribution in [0.2, 0.25) is 0 Å². The van der Waals surface area contributed by atoms with Gasteiger partial charge in [-0.1, -0.05) is 69.2 Å². The van der Waals surface area contributed by atoms with Crippen molar-refractivity contribution in [3.8, 4) is 0 Å². The zero-order chi connectivity index (χ0) is 45.8. The van der Waals surface area contributed by atoms with Gasteiger partial charge in [-0.25, -0.2) is 4.79 Å². The van der Waals surface area contributed by atoms with Crippen LogP contribution < -0.4 is 39.7 Å². The number of imide groups is 1. The third-order valence-corrected chi connectivity index (χ3v) is 13.2. The van der Waals surface area contributed by atoms with Crippen molar-refractivity contribution in [2.75, 3.05) is 19.7 Å². The molecule has 15 N–H and O–H groups in total. The summed E-state index contributed by atoms with van der Waals surface area (Å²) in [5.74, 6) is -5.55. The van der Waals surface area contributed by atoms with Crippen molar-refractivity contribution in [3.05, 3.63) is 35.4 Å². The van der Waals surface area contributed by atoms with Gasteiger partial charge in [0, 0.05) is 32.1 Å². The number of hydrogen-bond acceptors (Lipinski definition) is 11. The van der Waals surface area contributed by atoms with Crippen molar-refractivity contribution >= 4 is 47.4 Å². The van der Waals surface area contributed by atoms with Crippen LogP contribution in [0.25, 0.3) is 0 Å². The Morgan fingerprint density at radius 1 is 0.841 bits per heavy atom. The molecule has 2 aliphatic heterocycles. The molecule has 0 unspecified atom stereocenters. The van der Waals surface area contributed by atoms with Crippen molar-refractivity contribution in [2.24, 2.45) is 50.3 Å². The highest BCUT2D eigenvalue weighted by Gasteiger charge is 2.53. The van der Waals surface area contributed by atoms with E-state index in [1.54, 1.807) is 12.1 Å². The molecule has 0 radical (unpaired) electrons. The van der Waals surface area contributed by atoms with E-state index in [2.05, 4.69) is 15.3 Å². The highest BCUT2D eigenvalue weighted by Crippen LogP contribution is 2.41. The van der Waals surface area contributed by atoms with Gasteiger partial charge in [0.1, 0.15) is 24.2 Å². The number of nitrogens with one attached hydrogen (secondary N) is 1. The van der Waals surface area contributed by atoms with Crippen molar-refractivity contribution in [2.45, 2.75) is 157 Å². The molecule has 3 fully saturated rings. The van der Waals surface area contributed by atoms with E-state index >= 15 is 14.4 Å². The van der Waals surface area contributed by atoms with Crippen LogP contribution >= 0.6 is 0 Å². The first kappa shape index (κ1) is 48.7. The third kappa shape index (κ3) is 12.0. The minimum atomic E-state index is -1.89. The molecule has 1 aromatic carbocycles. The molecule has 0 bridgehead atoms. The molecule has 2 heterocycles. The molecule has 20 heteroatoms. The molecule has 2 aliphatic carbocycles. The predicted octanol–water partition coefficient (Wildman–Crippen LogP) is -0.739. The van der Waals surface area contributed by atoms with E-state index in [0.29, 0.717) is 42.6 Å². The Morgan fingerprint density at radius 2 is 1.44 bits per heavy atom. The molecule has 1 saturated heterocycles. The molecule has 5 amide bonds. The monoisotopic (exact) mass is 881 g/mol. The Morgan fingerprint density at radius 3 is 2.06 bits per heavy atom. The van der Waals surface area contributed by atoms with Gasteiger partial charge in [0.2, 0.25) is 23.6 Å². The van der Waals surface area contributed by atoms with Gasteiger partial charge in [0.15, 0.2) is 11.9 Å². The first-order valence-corrected chi connectivity index (χ1v) is 22.4. The lowest BCUT2D eigenvalue weighted by molar-refractivity contribution is -0.165. The van der Waals surface area contributed by atoms with Gasteiger partial charge in [-0.2, -0.15) is 0 Å². The largest absolute Gasteiger partial charge is 0.480 e. The zero-order valence-corrected chi connectivity index (χ0v) is 36.2. The number of carboxylic acid groups (broad SMARTS) is 1. The fourth-order valence-electron chi connectivity index (χ4n) is 9.85. The normalized spacial score (nSPS) is 23.3. The van der Waals surface area contributed by atoms with Crippen LogP contribution in [-0.2, 0) is 41.7 Å². The summed E-state index contributed by atoms with van der Waals surface area (Å²) in [6.07, 6.45) is 8.04. The van der Waals surface area contributed by atoms with Gasteiger partial charge in [-0.05, 0) is 74.8 Å². The summed E-state index contributed by atoms with van der Waals surface area (Å²) in [6.45, 7) is -0.919. The average Bonchev–Trinajstić information content (AvgIpc) is 3.65. The highest BCUT2D eigenvalue weighted by atomic mass is 16.4. The number of amides is 5. The second-order valence-electron chi connectivity index (χ2n) is 17.6. The Balaban J connectivity index is 1.55. The molecule has 20 nitrogen and oxygen atoms in total. The number of aliphatic hydroxyl groups excluding tert-OH is 1. The number of nitrogens with two attached hydrogens (primary N) is 6. The molecule has 348 valence electrons. The molecule has 63 heavy (non-hydrogen) atoms. The Labute approximate surface area is 368 Å². The van der Waals surface area contributed by atoms with Crippen molar-refractivity contribution in [1.82, 2.24) is 20.0 Å². The number of likely N-dealkylation sites (tertiary alicyclic amines) is 1. The van der Waals surface area contributed by atoms with Crippen LogP contribution in [0.15, 0.2) is 34.3 Å². The van der Waals surface area contributed by atoms with Gasteiger partial charge < -0.3 is 59.7 Å². The molecular weight excluding hydrogens is 813 g/mol. The molecular formula is C43H68N12O8. The predicted molar refractivity (Wildman–Crippen MR) is 235 cm³/mol. The minimum absolute atomic E-state index is 0.00485. The smallest absolute Gasteiger partial charge is 0.326 e. The van der Waals surface area contributed by atoms with Crippen LogP contribution in [0.5, 0.6) is 0 Å². The maximum atomic E-state index is 15.3. The van der Waals surface area contributed by atoms with Crippen LogP contribution in [0.3, 0.4) is 0 Å². The Bertz CT molecular complexity index is 1860. The number of rotatable bonds is 17. The molecule has 7 atom stereocenters. The van der Waals surface area contributed by atoms with E-state index in [9.17, 15) is 24.6 Å². The standard InChI is InChI=1S/C43H68N12O8/c44-29(15-10-20-50-41(45)46)35(57)52-30(16-11-21-51-42(47)48)36(58)55(40(63)43(49)18-8-2-1-3-9-19-43)34(25-56)37(59)53-24-28-14-5-4-12-26(28)22-32(53)38(60)54-31-17-7-6-13-27(31)23-33(54)39(61)62/h4-5,12,14,27,29-34,56H,1-3,6-11,13,15-25,44,49H2,(H,52,57)(H,61,62)(H4,45,46,50)(H4,47,48,51)/t27-,29+,30-,31-,32+,33-,34-/m0/s1. The van der Waals surface area contributed by atoms with Crippen molar-refractivity contribution in [1.29, 1.82) is 0 Å². The van der Waals surface area contributed by atoms with E-state index in [4.69, 9.17) is 34.4 Å². The van der Waals surface area contributed by atoms with E-state index in [1.807, 2.05) is 12.1 Å². The molecule has 0 aromatic heterocycles. The minimum Gasteiger partial charge on any atom is -0.480 e. The number of aliphatic hydroxyl groups is 1. The second kappa shape index (κ2) is 22.3. The fraction of sp³-hybridized carbons (Fsp3) is 0.674. The molecule has 5 rings (SSSR count). The van der Waals surface area contributed by atoms with Crippen LogP contribution in [0.4, 0.5) is 0 Å². The van der Waals surface area contributed by atoms with Gasteiger partial charge in [-0.15, -0.1) is 0 Å². The Hall–Kier alpha value is -5.34. The van der Waals surface area contributed by atoms with Gasteiger partial charge >= 0.3 is 5.97 Å². The summed E-state index contributed by atoms with van der Waals surface area (Å²) in [5, 5.41) is 24.3. The number of carbonyl (C=O) groups excluding carboxylic acids is 5. The molecule has 4 aliphatic rings. The van der Waals surface area contributed by atoms with Crippen molar-refractivity contribution < 1.29 is 39.0 Å². The Kier molecular flexibility index (Phi) is 17.3. The SMILES string of the molecule is NC(N)=NCCC[C@@H](N)C(=O)N[C@@H](CCCN=C(N)N)C(=O)N(C(=O)C1(N)CCCCCCC1)[C@@H](CO)C(=O)N1Cc2ccccc2C[C@@H]1C(=O)N1[C@H](C(=O)O)C[C@@H]2CCCC[C@@H]21. The third-order valence-electron chi connectivity index (χ3n) is 13.2. The van der Waals surface area contributed by atoms with Crippen LogP contribution in [0.1, 0.15) is 114 Å². The first-order chi connectivity index (χ1) is 30.1. The van der Waals surface area contributed by atoms with E-state index in [1.165, 1.54) is 9.80 Å². The van der Waals surface area contributed by atoms with Crippen molar-refractivity contribution in [3.63, 3.8) is 0 Å². The number of carbonyl (C=O) groups is 6. The topological polar surface area (TPSA) is 345 Å². The zero-order valence-electron chi connectivity index (χ0n) is 36.2. The highest BCUT2D eigenvalue weighted by molar-refractivity contribution is 6.07. The number of aliphatic imine (C=N–C) groups is 2. The quantitative estimate of drug-likeness (QED) is 0.0529. The first-order valence-electron chi connectivity index (χ1n) is 22.4. The molecule has 0 spiro atoms. The van der Waals surface area contributed by atoms with E-state index in [-0.39, 0.29) is 82.0 Å². The van der Waals surface area contributed by atoms with Gasteiger partial charge in [-0.3, -0.25) is 38.9 Å². The maximum absolute atomic E-state index is 15.3. The lowest BCUT2D eigenvalue weighted by Crippen LogP contribution is -2.67. The lowest BCUT2D eigenvalue weighted by atomic mass is 9.83. The summed E-state index contributed by atoms with van der Waals surface area (Å²) in [4.78, 5) is 98.2. The maximum Gasteiger partial charge on any atom is 0.326 e. The van der Waals surface area contributed by atoms with Gasteiger partial charge in [0.25, 0.3) is 5.91 Å². The number of aliphatic carboxylic acids is 1. The van der Waals surface area contributed by atoms with Gasteiger partial charge in [0.05, 0.1) is 18.2 Å². The number of fused-ring (bicyclic) bond motifs is 2. The summed E-state index contributed by atoms with van der Waals surface area (Å²) < 4.78 is 0. The number of hydrogen-bond donors (Lipinski definition) is 9. The van der Waals surface area contributed by atoms with Crippen LogP contribution in [-0.4, -0.2) is 134 Å². The summed E-state index contributed by atoms with van der Waals surface area (Å²) >= 11 is 0. The molecule has 2 saturated carbocycles. The average molecular weight is 881 g/mol. The van der Waals surface area contributed by atoms with E-state index < -0.39 is 77.9 Å². The summed E-state index contributed by atoms with van der Waals surface area (Å²) in [7, 11) is 0. The molecule has 1 aromatic rings. The second-order valence-corrected chi connectivity index (χ2v) is 17.6. The number of nitrogens with zero attached hydrogens (tertiary/aromatic N) is 5. The number of carboxylic acids is 1. The lowest BCUT2D eigenvalue weighted by Gasteiger charge is -2.44.